The summed E-state index contributed by atoms with van der Waals surface area (Å²) in [5.74, 6) is -0.933. The van der Waals surface area contributed by atoms with E-state index in [0.717, 1.165) is 0 Å². The van der Waals surface area contributed by atoms with Crippen LogP contribution in [-0.2, 0) is 26.6 Å². The molecule has 0 spiro atoms. The van der Waals surface area contributed by atoms with Crippen molar-refractivity contribution >= 4 is 5.97 Å². The zero-order valence-electron chi connectivity index (χ0n) is 3.82. The molecular formula is C3H6FeO3. The van der Waals surface area contributed by atoms with Gasteiger partial charge in [-0.15, -0.1) is 0 Å². The molecule has 0 atom stereocenters. The van der Waals surface area contributed by atoms with Gasteiger partial charge >= 0.3 is 5.97 Å². The molecule has 0 aromatic heterocycles. The zero-order chi connectivity index (χ0) is 4.99. The maximum absolute atomic E-state index is 9.47. The number of methoxy groups -OCH3 is 1. The average molecular weight is 146 g/mol. The molecule has 0 amide bonds. The number of carbonyl (C=O) groups is 1. The molecule has 0 aliphatic carbocycles. The van der Waals surface area contributed by atoms with Gasteiger partial charge in [0, 0.05) is 24.2 Å². The second-order valence-corrected chi connectivity index (χ2v) is 0.827. The summed E-state index contributed by atoms with van der Waals surface area (Å²) in [6, 6.07) is 0. The number of ether oxygens (including phenoxy) is 1. The predicted molar refractivity (Wildman–Crippen MR) is 19.5 cm³/mol. The Morgan fingerprint density at radius 2 is 2.29 bits per heavy atom. The van der Waals surface area contributed by atoms with Crippen LogP contribution in [0, 0.1) is 0 Å². The summed E-state index contributed by atoms with van der Waals surface area (Å²) in [4.78, 5) is 9.47. The second-order valence-electron chi connectivity index (χ2n) is 0.827. The molecule has 0 unspecified atom stereocenters. The molecule has 0 aromatic rings. The first kappa shape index (κ1) is 10.0. The van der Waals surface area contributed by atoms with Crippen LogP contribution >= 0.6 is 0 Å². The van der Waals surface area contributed by atoms with Gasteiger partial charge in [0.1, 0.15) is 6.61 Å². The van der Waals surface area contributed by atoms with Crippen LogP contribution in [0.4, 0.5) is 0 Å². The normalized spacial score (nSPS) is 7.00. The molecule has 0 rings (SSSR count). The maximum Gasteiger partial charge on any atom is 0.329 e. The number of hydrogen-bond acceptors (Lipinski definition) is 2. The average Bonchev–Trinajstić information content (AvgIpc) is 1.35. The Morgan fingerprint density at radius 3 is 2.29 bits per heavy atom. The fraction of sp³-hybridized carbons (Fsp3) is 0.667. The van der Waals surface area contributed by atoms with E-state index in [4.69, 9.17) is 5.11 Å². The molecule has 0 aromatic carbocycles. The van der Waals surface area contributed by atoms with Gasteiger partial charge in [-0.2, -0.15) is 0 Å². The van der Waals surface area contributed by atoms with Crippen molar-refractivity contribution in [3.05, 3.63) is 0 Å². The smallest absolute Gasteiger partial charge is 0.329 e. The number of rotatable bonds is 2. The molecule has 7 heavy (non-hydrogen) atoms. The molecule has 0 aliphatic rings. The Kier molecular flexibility index (Phi) is 8.53. The van der Waals surface area contributed by atoms with Crippen molar-refractivity contribution in [1.29, 1.82) is 0 Å². The summed E-state index contributed by atoms with van der Waals surface area (Å²) >= 11 is 0. The van der Waals surface area contributed by atoms with Gasteiger partial charge in [0.2, 0.25) is 0 Å². The quantitative estimate of drug-likeness (QED) is 0.544. The van der Waals surface area contributed by atoms with Crippen LogP contribution in [0.1, 0.15) is 0 Å². The van der Waals surface area contributed by atoms with Crippen molar-refractivity contribution in [1.82, 2.24) is 0 Å². The van der Waals surface area contributed by atoms with Crippen LogP contribution in [0.15, 0.2) is 0 Å². The van der Waals surface area contributed by atoms with E-state index < -0.39 is 5.97 Å². The van der Waals surface area contributed by atoms with E-state index >= 15 is 0 Å². The predicted octanol–water partition coefficient (Wildman–Crippen LogP) is -0.285. The molecule has 4 heteroatoms. The van der Waals surface area contributed by atoms with Crippen LogP contribution in [0.5, 0.6) is 0 Å². The summed E-state index contributed by atoms with van der Waals surface area (Å²) in [6.45, 7) is -0.208. The fourth-order valence-corrected chi connectivity index (χ4v) is 0.123. The number of aliphatic carboxylic acids is 1. The van der Waals surface area contributed by atoms with Crippen LogP contribution in [0.25, 0.3) is 0 Å². The summed E-state index contributed by atoms with van der Waals surface area (Å²) in [6.07, 6.45) is 0. The first-order chi connectivity index (χ1) is 2.77. The van der Waals surface area contributed by atoms with E-state index in [1.165, 1.54) is 7.11 Å². The van der Waals surface area contributed by atoms with Crippen molar-refractivity contribution in [2.75, 3.05) is 13.7 Å². The van der Waals surface area contributed by atoms with Gasteiger partial charge in [0.05, 0.1) is 0 Å². The summed E-state index contributed by atoms with van der Waals surface area (Å²) in [7, 11) is 1.34. The van der Waals surface area contributed by atoms with Gasteiger partial charge in [-0.3, -0.25) is 0 Å². The first-order valence-corrected chi connectivity index (χ1v) is 1.48. The Morgan fingerprint density at radius 1 is 1.86 bits per heavy atom. The van der Waals surface area contributed by atoms with E-state index in [9.17, 15) is 4.79 Å². The van der Waals surface area contributed by atoms with Gasteiger partial charge in [-0.1, -0.05) is 0 Å². The third-order valence-electron chi connectivity index (χ3n) is 0.268. The number of carboxylic acid groups (broad SMARTS) is 1. The van der Waals surface area contributed by atoms with Crippen LogP contribution in [0.2, 0.25) is 0 Å². The Bertz CT molecular complexity index is 54.1. The molecule has 44 valence electrons. The van der Waals surface area contributed by atoms with Crippen molar-refractivity contribution in [2.24, 2.45) is 0 Å². The fourth-order valence-electron chi connectivity index (χ4n) is 0.123. The van der Waals surface area contributed by atoms with E-state index in [1.54, 1.807) is 0 Å². The molecule has 0 saturated heterocycles. The second kappa shape index (κ2) is 5.95. The zero-order valence-corrected chi connectivity index (χ0v) is 4.93. The third kappa shape index (κ3) is 10.7. The molecule has 0 fully saturated rings. The molecule has 0 aliphatic heterocycles. The van der Waals surface area contributed by atoms with E-state index in [1.807, 2.05) is 0 Å². The number of hydrogen-bond donors (Lipinski definition) is 1. The largest absolute Gasteiger partial charge is 0.480 e. The van der Waals surface area contributed by atoms with Gasteiger partial charge in [0.15, 0.2) is 0 Å². The molecule has 0 bridgehead atoms. The van der Waals surface area contributed by atoms with Crippen LogP contribution in [0.3, 0.4) is 0 Å². The summed E-state index contributed by atoms with van der Waals surface area (Å²) in [5, 5.41) is 7.79. The molecular weight excluding hydrogens is 140 g/mol. The van der Waals surface area contributed by atoms with Crippen molar-refractivity contribution < 1.29 is 31.7 Å². The first-order valence-electron chi connectivity index (χ1n) is 1.48. The van der Waals surface area contributed by atoms with Gasteiger partial charge in [-0.05, 0) is 0 Å². The van der Waals surface area contributed by atoms with Gasteiger partial charge in [0.25, 0.3) is 0 Å². The van der Waals surface area contributed by atoms with Gasteiger partial charge < -0.3 is 9.84 Å². The Hall–Kier alpha value is -0.0505. The minimum absolute atomic E-state index is 0. The molecule has 3 nitrogen and oxygen atoms in total. The Labute approximate surface area is 52.1 Å². The SMILES string of the molecule is COCC(=O)O.[Fe]. The van der Waals surface area contributed by atoms with Gasteiger partial charge in [-0.25, -0.2) is 4.79 Å². The molecule has 0 radical (unpaired) electrons. The third-order valence-corrected chi connectivity index (χ3v) is 0.268. The van der Waals surface area contributed by atoms with E-state index in [-0.39, 0.29) is 23.7 Å². The topological polar surface area (TPSA) is 46.5 Å². The maximum atomic E-state index is 9.47. The monoisotopic (exact) mass is 146 g/mol. The number of carboxylic acids is 1. The molecule has 1 N–H and O–H groups in total. The molecule has 0 heterocycles. The summed E-state index contributed by atoms with van der Waals surface area (Å²) in [5.41, 5.74) is 0. The van der Waals surface area contributed by atoms with Crippen LogP contribution < -0.4 is 0 Å². The van der Waals surface area contributed by atoms with Crippen molar-refractivity contribution in [3.8, 4) is 0 Å². The van der Waals surface area contributed by atoms with Crippen LogP contribution in [-0.4, -0.2) is 24.8 Å². The van der Waals surface area contributed by atoms with Crippen molar-refractivity contribution in [3.63, 3.8) is 0 Å². The van der Waals surface area contributed by atoms with E-state index in [2.05, 4.69) is 4.74 Å². The molecule has 0 saturated carbocycles. The van der Waals surface area contributed by atoms with E-state index in [0.29, 0.717) is 0 Å². The van der Waals surface area contributed by atoms with Crippen molar-refractivity contribution in [2.45, 2.75) is 0 Å². The standard InChI is InChI=1S/C3H6O3.Fe/c1-6-2-3(4)5;/h2H2,1H3,(H,4,5);. The minimum Gasteiger partial charge on any atom is -0.480 e. The Balaban J connectivity index is 0. The minimum atomic E-state index is -0.933. The summed E-state index contributed by atoms with van der Waals surface area (Å²) < 4.78 is 4.20.